The topological polar surface area (TPSA) is 44.7 Å². The molecule has 2 N–H and O–H groups in total. The van der Waals surface area contributed by atoms with Gasteiger partial charge in [-0.2, -0.15) is 0 Å². The lowest BCUT2D eigenvalue weighted by molar-refractivity contribution is -0.0470. The van der Waals surface area contributed by atoms with Gasteiger partial charge < -0.3 is 15.2 Å². The molecule has 110 valence electrons. The molecule has 0 aliphatic carbocycles. The summed E-state index contributed by atoms with van der Waals surface area (Å²) in [6.45, 7) is 4.48. The first-order chi connectivity index (χ1) is 9.72. The summed E-state index contributed by atoms with van der Waals surface area (Å²) in [7, 11) is 0. The molecule has 2 aliphatic rings. The number of rotatable bonds is 4. The van der Waals surface area contributed by atoms with Gasteiger partial charge in [-0.15, -0.1) is 0 Å². The van der Waals surface area contributed by atoms with E-state index in [9.17, 15) is 5.11 Å². The van der Waals surface area contributed by atoms with E-state index in [-0.39, 0.29) is 11.9 Å². The molecule has 0 aromatic heterocycles. The minimum absolute atomic E-state index is 0.241. The number of hydrogen-bond acceptors (Lipinski definition) is 4. The first kappa shape index (κ1) is 14.1. The number of aromatic hydroxyl groups is 1. The number of nitrogens with one attached hydrogen (secondary N) is 1. The second kappa shape index (κ2) is 6.31. The van der Waals surface area contributed by atoms with Crippen LogP contribution in [0, 0.1) is 0 Å². The molecule has 5 heteroatoms. The largest absolute Gasteiger partial charge is 0.508 e. The Bertz CT molecular complexity index is 469. The Labute approximate surface area is 124 Å². The fourth-order valence-electron chi connectivity index (χ4n) is 3.07. The number of morpholine rings is 1. The molecule has 1 aromatic carbocycles. The number of nitrogens with zero attached hydrogens (tertiary/aromatic N) is 1. The highest BCUT2D eigenvalue weighted by Gasteiger charge is 2.31. The number of hydrogen-bond donors (Lipinski definition) is 2. The van der Waals surface area contributed by atoms with Crippen LogP contribution in [0.1, 0.15) is 18.4 Å². The number of fused-ring (bicyclic) bond motifs is 1. The summed E-state index contributed by atoms with van der Waals surface area (Å²) in [4.78, 5) is 2.53. The minimum atomic E-state index is 0.241. The van der Waals surface area contributed by atoms with Gasteiger partial charge >= 0.3 is 0 Å². The van der Waals surface area contributed by atoms with Crippen LogP contribution in [0.2, 0.25) is 5.02 Å². The van der Waals surface area contributed by atoms with Crippen LogP contribution >= 0.6 is 11.6 Å². The normalized spacial score (nSPS) is 26.6. The van der Waals surface area contributed by atoms with Gasteiger partial charge in [-0.3, -0.25) is 4.90 Å². The monoisotopic (exact) mass is 296 g/mol. The maximum atomic E-state index is 9.76. The number of halogens is 1. The maximum absolute atomic E-state index is 9.76. The third-order valence-electron chi connectivity index (χ3n) is 4.19. The third kappa shape index (κ3) is 3.26. The van der Waals surface area contributed by atoms with Gasteiger partial charge in [0.25, 0.3) is 0 Å². The molecule has 2 unspecified atom stereocenters. The molecular weight excluding hydrogens is 276 g/mol. The standard InChI is InChI=1S/C15H21ClN2O2/c16-12-3-4-15(19)11(6-12)7-17-8-14-9-18-5-1-2-13(18)10-20-14/h3-4,6,13-14,17,19H,1-2,5,7-10H2. The van der Waals surface area contributed by atoms with Crippen molar-refractivity contribution in [3.8, 4) is 5.75 Å². The van der Waals surface area contributed by atoms with Crippen LogP contribution in [-0.4, -0.2) is 48.4 Å². The number of phenols is 1. The van der Waals surface area contributed by atoms with Gasteiger partial charge in [-0.1, -0.05) is 11.6 Å². The van der Waals surface area contributed by atoms with Gasteiger partial charge in [-0.25, -0.2) is 0 Å². The lowest BCUT2D eigenvalue weighted by Gasteiger charge is -2.35. The van der Waals surface area contributed by atoms with Crippen molar-refractivity contribution in [1.29, 1.82) is 0 Å². The van der Waals surface area contributed by atoms with Crippen molar-refractivity contribution in [3.63, 3.8) is 0 Å². The van der Waals surface area contributed by atoms with Crippen molar-refractivity contribution in [3.05, 3.63) is 28.8 Å². The van der Waals surface area contributed by atoms with E-state index in [0.717, 1.165) is 25.3 Å². The van der Waals surface area contributed by atoms with Gasteiger partial charge in [0.15, 0.2) is 0 Å². The molecule has 2 fully saturated rings. The lowest BCUT2D eigenvalue weighted by atomic mass is 10.1. The predicted octanol–water partition coefficient (Wildman–Crippen LogP) is 2.00. The number of ether oxygens (including phenoxy) is 1. The smallest absolute Gasteiger partial charge is 0.120 e. The van der Waals surface area contributed by atoms with Crippen LogP contribution in [0.25, 0.3) is 0 Å². The summed E-state index contributed by atoms with van der Waals surface area (Å²) < 4.78 is 5.89. The minimum Gasteiger partial charge on any atom is -0.508 e. The van der Waals surface area contributed by atoms with Gasteiger partial charge in [-0.05, 0) is 37.6 Å². The van der Waals surface area contributed by atoms with Crippen molar-refractivity contribution in [1.82, 2.24) is 10.2 Å². The van der Waals surface area contributed by atoms with E-state index in [4.69, 9.17) is 16.3 Å². The van der Waals surface area contributed by atoms with E-state index < -0.39 is 0 Å². The molecule has 3 rings (SSSR count). The second-order valence-corrected chi connectivity index (χ2v) is 6.09. The lowest BCUT2D eigenvalue weighted by Crippen LogP contribution is -2.49. The Hall–Kier alpha value is -0.810. The number of phenolic OH excluding ortho intramolecular Hbond substituents is 1. The summed E-state index contributed by atoms with van der Waals surface area (Å²) >= 11 is 5.94. The molecule has 0 bridgehead atoms. The maximum Gasteiger partial charge on any atom is 0.120 e. The van der Waals surface area contributed by atoms with Crippen molar-refractivity contribution in [2.45, 2.75) is 31.5 Å². The molecule has 0 saturated carbocycles. The number of benzene rings is 1. The first-order valence-electron chi connectivity index (χ1n) is 7.26. The molecule has 0 amide bonds. The van der Waals surface area contributed by atoms with Crippen molar-refractivity contribution < 1.29 is 9.84 Å². The fraction of sp³-hybridized carbons (Fsp3) is 0.600. The Morgan fingerprint density at radius 2 is 2.35 bits per heavy atom. The fourth-order valence-corrected chi connectivity index (χ4v) is 3.27. The average molecular weight is 297 g/mol. The Kier molecular flexibility index (Phi) is 4.46. The summed E-state index contributed by atoms with van der Waals surface area (Å²) in [5.41, 5.74) is 0.826. The van der Waals surface area contributed by atoms with E-state index in [0.29, 0.717) is 17.6 Å². The highest BCUT2D eigenvalue weighted by molar-refractivity contribution is 6.30. The summed E-state index contributed by atoms with van der Waals surface area (Å²) in [5.74, 6) is 0.283. The van der Waals surface area contributed by atoms with Crippen LogP contribution in [0.5, 0.6) is 5.75 Å². The van der Waals surface area contributed by atoms with E-state index >= 15 is 0 Å². The van der Waals surface area contributed by atoms with E-state index in [1.165, 1.54) is 19.4 Å². The van der Waals surface area contributed by atoms with Crippen LogP contribution in [0.15, 0.2) is 18.2 Å². The quantitative estimate of drug-likeness (QED) is 0.892. The van der Waals surface area contributed by atoms with Crippen molar-refractivity contribution in [2.75, 3.05) is 26.2 Å². The summed E-state index contributed by atoms with van der Waals surface area (Å²) in [6.07, 6.45) is 2.81. The molecule has 4 nitrogen and oxygen atoms in total. The molecule has 1 aromatic rings. The molecule has 2 saturated heterocycles. The summed E-state index contributed by atoms with van der Waals surface area (Å²) in [5, 5.41) is 13.8. The van der Waals surface area contributed by atoms with Crippen LogP contribution in [0.3, 0.4) is 0 Å². The van der Waals surface area contributed by atoms with E-state index in [1.807, 2.05) is 0 Å². The van der Waals surface area contributed by atoms with E-state index in [2.05, 4.69) is 10.2 Å². The third-order valence-corrected chi connectivity index (χ3v) is 4.43. The molecule has 20 heavy (non-hydrogen) atoms. The van der Waals surface area contributed by atoms with Crippen LogP contribution < -0.4 is 5.32 Å². The average Bonchev–Trinajstić information content (AvgIpc) is 2.90. The second-order valence-electron chi connectivity index (χ2n) is 5.65. The SMILES string of the molecule is Oc1ccc(Cl)cc1CNCC1CN2CCCC2CO1. The van der Waals surface area contributed by atoms with Crippen LogP contribution in [-0.2, 0) is 11.3 Å². The molecule has 2 atom stereocenters. The Morgan fingerprint density at radius 1 is 1.45 bits per heavy atom. The molecule has 2 aliphatic heterocycles. The van der Waals surface area contributed by atoms with Gasteiger partial charge in [0, 0.05) is 36.3 Å². The zero-order valence-corrected chi connectivity index (χ0v) is 12.3. The first-order valence-corrected chi connectivity index (χ1v) is 7.64. The zero-order valence-electron chi connectivity index (χ0n) is 11.5. The molecule has 0 spiro atoms. The van der Waals surface area contributed by atoms with Gasteiger partial charge in [0.2, 0.25) is 0 Å². The molecular formula is C15H21ClN2O2. The van der Waals surface area contributed by atoms with Crippen molar-refractivity contribution >= 4 is 11.6 Å². The molecule has 2 heterocycles. The Morgan fingerprint density at radius 3 is 3.25 bits per heavy atom. The molecule has 0 radical (unpaired) electrons. The highest BCUT2D eigenvalue weighted by Crippen LogP contribution is 2.23. The van der Waals surface area contributed by atoms with Gasteiger partial charge in [0.1, 0.15) is 5.75 Å². The van der Waals surface area contributed by atoms with Gasteiger partial charge in [0.05, 0.1) is 12.7 Å². The highest BCUT2D eigenvalue weighted by atomic mass is 35.5. The van der Waals surface area contributed by atoms with E-state index in [1.54, 1.807) is 18.2 Å². The Balaban J connectivity index is 1.47. The summed E-state index contributed by atoms with van der Waals surface area (Å²) in [6, 6.07) is 5.76. The zero-order chi connectivity index (χ0) is 13.9. The predicted molar refractivity (Wildman–Crippen MR) is 79.2 cm³/mol. The van der Waals surface area contributed by atoms with Crippen molar-refractivity contribution in [2.24, 2.45) is 0 Å². The van der Waals surface area contributed by atoms with Crippen LogP contribution in [0.4, 0.5) is 0 Å².